The van der Waals surface area contributed by atoms with E-state index in [1.807, 2.05) is 37.3 Å². The van der Waals surface area contributed by atoms with Gasteiger partial charge in [-0.1, -0.05) is 30.3 Å². The van der Waals surface area contributed by atoms with Gasteiger partial charge in [0, 0.05) is 22.7 Å². The zero-order chi connectivity index (χ0) is 26.9. The minimum atomic E-state index is -2.23. The van der Waals surface area contributed by atoms with Gasteiger partial charge in [-0.2, -0.15) is 5.10 Å². The maximum absolute atomic E-state index is 14.0. The van der Waals surface area contributed by atoms with Crippen LogP contribution in [0.2, 0.25) is 0 Å². The standard InChI is InChI=1S/C24H17F5N4O2S2/c1-11-15(12-6-4-3-5-7-12)16(23(34)35-2)22(37-11)31-24(36)30-14-8-9-33(32-14)10-13-17(25)19(27)21(29)20(28)18(13)26/h3-9H,10H2,1-2H3,(H2,30,31,32,36). The minimum Gasteiger partial charge on any atom is -0.465 e. The van der Waals surface area contributed by atoms with Gasteiger partial charge in [0.05, 0.1) is 19.2 Å². The number of ether oxygens (including phenoxy) is 1. The molecule has 0 aliphatic heterocycles. The van der Waals surface area contributed by atoms with Crippen LogP contribution in [-0.2, 0) is 11.3 Å². The molecule has 0 fully saturated rings. The molecule has 4 rings (SSSR count). The lowest BCUT2D eigenvalue weighted by Gasteiger charge is -2.10. The number of nitrogens with one attached hydrogen (secondary N) is 2. The van der Waals surface area contributed by atoms with Crippen LogP contribution in [0, 0.1) is 36.0 Å². The van der Waals surface area contributed by atoms with Gasteiger partial charge in [-0.3, -0.25) is 4.68 Å². The van der Waals surface area contributed by atoms with Crippen molar-refractivity contribution < 1.29 is 31.5 Å². The van der Waals surface area contributed by atoms with Gasteiger partial charge in [0.2, 0.25) is 5.82 Å². The molecule has 6 nitrogen and oxygen atoms in total. The lowest BCUT2D eigenvalue weighted by molar-refractivity contribution is 0.0603. The number of methoxy groups -OCH3 is 1. The van der Waals surface area contributed by atoms with Crippen LogP contribution in [-0.4, -0.2) is 28.0 Å². The molecule has 4 aromatic rings. The number of thiophene rings is 1. The Morgan fingerprint density at radius 1 is 1.00 bits per heavy atom. The van der Waals surface area contributed by atoms with Gasteiger partial charge in [0.1, 0.15) is 10.6 Å². The summed E-state index contributed by atoms with van der Waals surface area (Å²) in [6.45, 7) is 1.13. The van der Waals surface area contributed by atoms with Crippen LogP contribution < -0.4 is 10.6 Å². The number of halogens is 5. The van der Waals surface area contributed by atoms with Crippen LogP contribution >= 0.6 is 23.6 Å². The molecule has 192 valence electrons. The molecule has 0 saturated carbocycles. The van der Waals surface area contributed by atoms with Crippen molar-refractivity contribution >= 4 is 45.5 Å². The number of esters is 1. The number of thiocarbonyl (C=S) groups is 1. The fraction of sp³-hybridized carbons (Fsp3) is 0.125. The number of nitrogens with zero attached hydrogens (tertiary/aromatic N) is 2. The molecule has 0 aliphatic carbocycles. The molecule has 0 aliphatic rings. The Morgan fingerprint density at radius 2 is 1.62 bits per heavy atom. The maximum Gasteiger partial charge on any atom is 0.341 e. The molecule has 13 heteroatoms. The Bertz CT molecular complexity index is 1480. The molecule has 2 N–H and O–H groups in total. The van der Waals surface area contributed by atoms with Gasteiger partial charge in [-0.05, 0) is 24.7 Å². The molecule has 0 bridgehead atoms. The second kappa shape index (κ2) is 10.6. The fourth-order valence-electron chi connectivity index (χ4n) is 3.60. The highest BCUT2D eigenvalue weighted by Crippen LogP contribution is 2.40. The number of aromatic nitrogens is 2. The molecule has 0 radical (unpaired) electrons. The first kappa shape index (κ1) is 26.2. The summed E-state index contributed by atoms with van der Waals surface area (Å²) in [4.78, 5) is 13.4. The number of rotatable bonds is 6. The molecule has 0 unspecified atom stereocenters. The summed E-state index contributed by atoms with van der Waals surface area (Å²) in [6.07, 6.45) is 1.27. The van der Waals surface area contributed by atoms with Crippen molar-refractivity contribution in [3.8, 4) is 11.1 Å². The van der Waals surface area contributed by atoms with E-state index in [2.05, 4.69) is 15.7 Å². The van der Waals surface area contributed by atoms with Gasteiger partial charge in [-0.25, -0.2) is 26.7 Å². The number of carbonyl (C=O) groups excluding carboxylic acids is 1. The van der Waals surface area contributed by atoms with E-state index in [9.17, 15) is 26.7 Å². The number of hydrogen-bond acceptors (Lipinski definition) is 5. The molecule has 2 aromatic carbocycles. The second-order valence-electron chi connectivity index (χ2n) is 7.62. The molecule has 0 saturated heterocycles. The number of aryl methyl sites for hydroxylation is 1. The predicted molar refractivity (Wildman–Crippen MR) is 133 cm³/mol. The molecular formula is C24H17F5N4O2S2. The average Bonchev–Trinajstić information content (AvgIpc) is 3.47. The Kier molecular flexibility index (Phi) is 7.55. The van der Waals surface area contributed by atoms with Crippen LogP contribution in [0.5, 0.6) is 0 Å². The van der Waals surface area contributed by atoms with Gasteiger partial charge < -0.3 is 15.4 Å². The first-order chi connectivity index (χ1) is 17.6. The number of hydrogen-bond donors (Lipinski definition) is 2. The Hall–Kier alpha value is -3.84. The molecule has 2 heterocycles. The van der Waals surface area contributed by atoms with E-state index in [0.717, 1.165) is 15.1 Å². The maximum atomic E-state index is 14.0. The molecule has 37 heavy (non-hydrogen) atoms. The van der Waals surface area contributed by atoms with E-state index in [4.69, 9.17) is 17.0 Å². The van der Waals surface area contributed by atoms with Crippen LogP contribution in [0.25, 0.3) is 11.1 Å². The third kappa shape index (κ3) is 5.18. The van der Waals surface area contributed by atoms with Crippen molar-refractivity contribution in [1.29, 1.82) is 0 Å². The zero-order valence-electron chi connectivity index (χ0n) is 19.2. The van der Waals surface area contributed by atoms with Gasteiger partial charge in [-0.15, -0.1) is 11.3 Å². The Labute approximate surface area is 216 Å². The van der Waals surface area contributed by atoms with E-state index in [1.54, 1.807) is 0 Å². The Morgan fingerprint density at radius 3 is 2.24 bits per heavy atom. The van der Waals surface area contributed by atoms with E-state index in [0.29, 0.717) is 10.6 Å². The lowest BCUT2D eigenvalue weighted by Crippen LogP contribution is -2.20. The van der Waals surface area contributed by atoms with E-state index >= 15 is 0 Å². The third-order valence-electron chi connectivity index (χ3n) is 5.27. The van der Waals surface area contributed by atoms with Crippen molar-refractivity contribution in [3.05, 3.63) is 87.7 Å². The highest BCUT2D eigenvalue weighted by Gasteiger charge is 2.26. The lowest BCUT2D eigenvalue weighted by atomic mass is 10.0. The Balaban J connectivity index is 1.54. The summed E-state index contributed by atoms with van der Waals surface area (Å²) < 4.78 is 74.2. The summed E-state index contributed by atoms with van der Waals surface area (Å²) in [6, 6.07) is 10.6. The van der Waals surface area contributed by atoms with Crippen molar-refractivity contribution in [1.82, 2.24) is 9.78 Å². The highest BCUT2D eigenvalue weighted by atomic mass is 32.1. The average molecular weight is 553 g/mol. The van der Waals surface area contributed by atoms with Crippen LogP contribution in [0.1, 0.15) is 20.8 Å². The molecular weight excluding hydrogens is 535 g/mol. The molecule has 2 aromatic heterocycles. The van der Waals surface area contributed by atoms with Crippen LogP contribution in [0.3, 0.4) is 0 Å². The first-order valence-corrected chi connectivity index (χ1v) is 11.7. The van der Waals surface area contributed by atoms with Gasteiger partial charge in [0.25, 0.3) is 0 Å². The summed E-state index contributed by atoms with van der Waals surface area (Å²) in [5, 5.41) is 10.2. The monoisotopic (exact) mass is 552 g/mol. The molecule has 0 amide bonds. The molecule has 0 atom stereocenters. The fourth-order valence-corrected chi connectivity index (χ4v) is 4.94. The smallest absolute Gasteiger partial charge is 0.341 e. The minimum absolute atomic E-state index is 0.0347. The summed E-state index contributed by atoms with van der Waals surface area (Å²) in [7, 11) is 1.27. The van der Waals surface area contributed by atoms with Crippen molar-refractivity contribution in [3.63, 3.8) is 0 Å². The number of anilines is 2. The second-order valence-corrected chi connectivity index (χ2v) is 9.25. The summed E-state index contributed by atoms with van der Waals surface area (Å²) in [5.74, 6) is -10.6. The van der Waals surface area contributed by atoms with Crippen molar-refractivity contribution in [2.75, 3.05) is 17.7 Å². The SMILES string of the molecule is COC(=O)c1c(NC(=S)Nc2ccn(Cc3c(F)c(F)c(F)c(F)c3F)n2)sc(C)c1-c1ccccc1. The first-order valence-electron chi connectivity index (χ1n) is 10.5. The van der Waals surface area contributed by atoms with Crippen molar-refractivity contribution in [2.24, 2.45) is 0 Å². The quantitative estimate of drug-likeness (QED) is 0.0968. The number of benzene rings is 2. The van der Waals surface area contributed by atoms with Gasteiger partial charge in [0.15, 0.2) is 34.2 Å². The zero-order valence-corrected chi connectivity index (χ0v) is 20.8. The van der Waals surface area contributed by atoms with E-state index < -0.39 is 47.2 Å². The van der Waals surface area contributed by atoms with E-state index in [-0.39, 0.29) is 16.5 Å². The van der Waals surface area contributed by atoms with Crippen LogP contribution in [0.15, 0.2) is 42.6 Å². The molecule has 0 spiro atoms. The third-order valence-corrected chi connectivity index (χ3v) is 6.49. The summed E-state index contributed by atoms with van der Waals surface area (Å²) in [5.41, 5.74) is 0.763. The predicted octanol–water partition coefficient (Wildman–Crippen LogP) is 6.26. The number of carbonyl (C=O) groups is 1. The van der Waals surface area contributed by atoms with Crippen molar-refractivity contribution in [2.45, 2.75) is 13.5 Å². The van der Waals surface area contributed by atoms with E-state index in [1.165, 1.54) is 30.7 Å². The summed E-state index contributed by atoms with van der Waals surface area (Å²) >= 11 is 6.60. The largest absolute Gasteiger partial charge is 0.465 e. The highest BCUT2D eigenvalue weighted by molar-refractivity contribution is 7.80. The topological polar surface area (TPSA) is 68.2 Å². The normalized spacial score (nSPS) is 10.9. The van der Waals surface area contributed by atoms with Crippen LogP contribution in [0.4, 0.5) is 32.8 Å². The van der Waals surface area contributed by atoms with Gasteiger partial charge >= 0.3 is 5.97 Å².